The molecule has 5 rings (SSSR count). The number of rotatable bonds is 6. The van der Waals surface area contributed by atoms with Gasteiger partial charge in [-0.05, 0) is 64.6 Å². The van der Waals surface area contributed by atoms with Gasteiger partial charge < -0.3 is 5.32 Å². The number of alkyl halides is 6. The van der Waals surface area contributed by atoms with Crippen molar-refractivity contribution < 1.29 is 26.3 Å². The van der Waals surface area contributed by atoms with Gasteiger partial charge in [-0.2, -0.15) is 26.3 Å². The van der Waals surface area contributed by atoms with E-state index in [2.05, 4.69) is 10.3 Å². The number of para-hydroxylation sites is 1. The van der Waals surface area contributed by atoms with E-state index in [4.69, 9.17) is 0 Å². The quantitative estimate of drug-likeness (QED) is 0.219. The number of nitrogens with one attached hydrogen (secondary N) is 1. The van der Waals surface area contributed by atoms with Gasteiger partial charge in [0, 0.05) is 23.8 Å². The van der Waals surface area contributed by atoms with Crippen molar-refractivity contribution in [1.29, 1.82) is 0 Å². The van der Waals surface area contributed by atoms with Crippen LogP contribution in [0, 0.1) is 0 Å². The molecule has 1 heterocycles. The van der Waals surface area contributed by atoms with Gasteiger partial charge in [-0.25, -0.2) is 0 Å². The Morgan fingerprint density at radius 2 is 1.38 bits per heavy atom. The number of hydrogen-bond acceptors (Lipinski definition) is 2. The van der Waals surface area contributed by atoms with Crippen LogP contribution in [0.1, 0.15) is 27.8 Å². The third-order valence-corrected chi connectivity index (χ3v) is 6.42. The summed E-state index contributed by atoms with van der Waals surface area (Å²) >= 11 is 0. The second kappa shape index (κ2) is 10.4. The third kappa shape index (κ3) is 5.90. The second-order valence-corrected chi connectivity index (χ2v) is 9.15. The molecule has 39 heavy (non-hydrogen) atoms. The Hall–Kier alpha value is -4.33. The lowest BCUT2D eigenvalue weighted by molar-refractivity contribution is -0.138. The Balaban J connectivity index is 1.56. The lowest BCUT2D eigenvalue weighted by atomic mass is 9.91. The van der Waals surface area contributed by atoms with Crippen LogP contribution >= 0.6 is 0 Å². The molecule has 2 nitrogen and oxygen atoms in total. The summed E-state index contributed by atoms with van der Waals surface area (Å²) in [6.07, 6.45) is -7.07. The molecule has 5 aromatic rings. The number of fused-ring (bicyclic) bond motifs is 1. The highest BCUT2D eigenvalue weighted by atomic mass is 19.4. The van der Waals surface area contributed by atoms with E-state index in [9.17, 15) is 26.3 Å². The Morgan fingerprint density at radius 1 is 0.667 bits per heavy atom. The lowest BCUT2D eigenvalue weighted by Crippen LogP contribution is -2.08. The summed E-state index contributed by atoms with van der Waals surface area (Å²) in [5, 5.41) is 3.51. The van der Waals surface area contributed by atoms with Gasteiger partial charge >= 0.3 is 12.4 Å². The van der Waals surface area contributed by atoms with Crippen LogP contribution in [-0.4, -0.2) is 4.98 Å². The fraction of sp³-hybridized carbons (Fsp3) is 0.129. The SMILES string of the molecule is FC(F)(F)c1cccc(CNc2cccc(-c3c(Cc4ccccc4)cnc4c(C(F)(F)F)cccc34)c2)c1. The Morgan fingerprint density at radius 3 is 2.13 bits per heavy atom. The van der Waals surface area contributed by atoms with Crippen molar-refractivity contribution in [1.82, 2.24) is 4.98 Å². The summed E-state index contributed by atoms with van der Waals surface area (Å²) in [6.45, 7) is 0.138. The lowest BCUT2D eigenvalue weighted by Gasteiger charge is -2.17. The number of nitrogens with zero attached hydrogens (tertiary/aromatic N) is 1. The van der Waals surface area contributed by atoms with Crippen LogP contribution in [0.5, 0.6) is 0 Å². The molecule has 0 bridgehead atoms. The highest BCUT2D eigenvalue weighted by molar-refractivity contribution is 5.98. The van der Waals surface area contributed by atoms with Gasteiger partial charge in [0.15, 0.2) is 0 Å². The summed E-state index contributed by atoms with van der Waals surface area (Å²) in [5.74, 6) is 0. The number of aromatic nitrogens is 1. The summed E-state index contributed by atoms with van der Waals surface area (Å²) in [7, 11) is 0. The maximum Gasteiger partial charge on any atom is 0.418 e. The van der Waals surface area contributed by atoms with Crippen molar-refractivity contribution in [2.45, 2.75) is 25.3 Å². The van der Waals surface area contributed by atoms with E-state index in [1.165, 1.54) is 18.3 Å². The minimum Gasteiger partial charge on any atom is -0.381 e. The summed E-state index contributed by atoms with van der Waals surface area (Å²) in [6, 6.07) is 25.7. The number of pyridine rings is 1. The van der Waals surface area contributed by atoms with Gasteiger partial charge in [0.1, 0.15) is 0 Å². The van der Waals surface area contributed by atoms with Crippen molar-refractivity contribution in [3.63, 3.8) is 0 Å². The smallest absolute Gasteiger partial charge is 0.381 e. The van der Waals surface area contributed by atoms with Crippen LogP contribution < -0.4 is 5.32 Å². The Bertz CT molecular complexity index is 1610. The van der Waals surface area contributed by atoms with E-state index in [0.717, 1.165) is 29.3 Å². The van der Waals surface area contributed by atoms with Gasteiger partial charge in [-0.3, -0.25) is 4.98 Å². The van der Waals surface area contributed by atoms with Crippen LogP contribution in [-0.2, 0) is 25.3 Å². The first-order valence-corrected chi connectivity index (χ1v) is 12.1. The molecule has 0 radical (unpaired) electrons. The van der Waals surface area contributed by atoms with E-state index >= 15 is 0 Å². The molecule has 1 N–H and O–H groups in total. The van der Waals surface area contributed by atoms with Crippen LogP contribution in [0.2, 0.25) is 0 Å². The van der Waals surface area contributed by atoms with Crippen LogP contribution in [0.4, 0.5) is 32.0 Å². The zero-order chi connectivity index (χ0) is 27.6. The third-order valence-electron chi connectivity index (χ3n) is 6.42. The highest BCUT2D eigenvalue weighted by Gasteiger charge is 2.34. The molecule has 0 aliphatic heterocycles. The average molecular weight is 537 g/mol. The molecule has 1 aromatic heterocycles. The summed E-state index contributed by atoms with van der Waals surface area (Å²) in [4.78, 5) is 4.23. The van der Waals surface area contributed by atoms with Gasteiger partial charge in [0.2, 0.25) is 0 Å². The van der Waals surface area contributed by atoms with Gasteiger partial charge in [-0.15, -0.1) is 0 Å². The van der Waals surface area contributed by atoms with E-state index in [1.807, 2.05) is 30.3 Å². The second-order valence-electron chi connectivity index (χ2n) is 9.15. The topological polar surface area (TPSA) is 24.9 Å². The number of benzene rings is 4. The standard InChI is InChI=1S/C31H22F6N2/c32-30(33,34)24-11-4-9-21(16-24)18-38-25-12-5-10-22(17-25)28-23(15-20-7-2-1-3-8-20)19-39-29-26(28)13-6-14-27(29)31(35,36)37/h1-14,16-17,19,38H,15,18H2. The normalized spacial score (nSPS) is 12.1. The van der Waals surface area contributed by atoms with Crippen molar-refractivity contribution in [2.75, 3.05) is 5.32 Å². The molecule has 0 fully saturated rings. The molecule has 0 amide bonds. The molecule has 0 aliphatic rings. The number of hydrogen-bond donors (Lipinski definition) is 1. The van der Waals surface area contributed by atoms with E-state index in [1.54, 1.807) is 36.4 Å². The molecule has 0 spiro atoms. The first-order chi connectivity index (χ1) is 18.6. The van der Waals surface area contributed by atoms with Crippen LogP contribution in [0.3, 0.4) is 0 Å². The monoisotopic (exact) mass is 536 g/mol. The minimum atomic E-state index is -4.57. The molecular weight excluding hydrogens is 514 g/mol. The molecule has 0 saturated heterocycles. The fourth-order valence-electron chi connectivity index (χ4n) is 4.63. The predicted octanol–water partition coefficient (Wildman–Crippen LogP) is 9.14. The maximum atomic E-state index is 13.8. The molecule has 0 saturated carbocycles. The van der Waals surface area contributed by atoms with Gasteiger partial charge in [0.05, 0.1) is 16.6 Å². The molecular formula is C31H22F6N2. The zero-order valence-electron chi connectivity index (χ0n) is 20.4. The largest absolute Gasteiger partial charge is 0.418 e. The fourth-order valence-corrected chi connectivity index (χ4v) is 4.63. The summed E-state index contributed by atoms with van der Waals surface area (Å²) < 4.78 is 80.7. The maximum absolute atomic E-state index is 13.8. The van der Waals surface area contributed by atoms with Crippen molar-refractivity contribution in [3.8, 4) is 11.1 Å². The molecule has 0 atom stereocenters. The highest BCUT2D eigenvalue weighted by Crippen LogP contribution is 2.39. The van der Waals surface area contributed by atoms with Gasteiger partial charge in [0.25, 0.3) is 0 Å². The first-order valence-electron chi connectivity index (χ1n) is 12.1. The zero-order valence-corrected chi connectivity index (χ0v) is 20.4. The van der Waals surface area contributed by atoms with Crippen LogP contribution in [0.25, 0.3) is 22.0 Å². The molecule has 4 aromatic carbocycles. The first kappa shape index (κ1) is 26.3. The average Bonchev–Trinajstić information content (AvgIpc) is 2.91. The van der Waals surface area contributed by atoms with Crippen molar-refractivity contribution >= 4 is 16.6 Å². The molecule has 8 heteroatoms. The van der Waals surface area contributed by atoms with E-state index < -0.39 is 23.5 Å². The van der Waals surface area contributed by atoms with Gasteiger partial charge in [-0.1, -0.05) is 66.7 Å². The number of anilines is 1. The van der Waals surface area contributed by atoms with Crippen molar-refractivity contribution in [2.24, 2.45) is 0 Å². The Kier molecular flexibility index (Phi) is 7.04. The van der Waals surface area contributed by atoms with E-state index in [-0.39, 0.29) is 12.1 Å². The summed E-state index contributed by atoms with van der Waals surface area (Å²) in [5.41, 5.74) is 2.40. The number of halogens is 6. The van der Waals surface area contributed by atoms with Crippen LogP contribution in [0.15, 0.2) is 103 Å². The van der Waals surface area contributed by atoms with E-state index in [0.29, 0.717) is 34.2 Å². The molecule has 0 unspecified atom stereocenters. The Labute approximate surface area is 221 Å². The molecule has 198 valence electrons. The molecule has 0 aliphatic carbocycles. The van der Waals surface area contributed by atoms with Crippen molar-refractivity contribution in [3.05, 3.63) is 131 Å². The predicted molar refractivity (Wildman–Crippen MR) is 140 cm³/mol. The minimum absolute atomic E-state index is 0.138.